The number of carbonyl (C=O) groups excluding carboxylic acids is 2. The molecule has 0 bridgehead atoms. The molecule has 2 heterocycles. The molecule has 0 aliphatic carbocycles. The number of likely N-dealkylation sites (N-methyl/N-ethyl adjacent to an activating group) is 1. The van der Waals surface area contributed by atoms with Crippen LogP contribution in [0, 0.1) is 0 Å². The first kappa shape index (κ1) is 23.6. The summed E-state index contributed by atoms with van der Waals surface area (Å²) in [5.74, 6) is -0.721. The molecule has 2 aliphatic heterocycles. The average molecular weight is 427 g/mol. The standard InChI is InChI=1S/C22H31B2NO6/c1-7-8-17(13-23-30-21(2,3)22(4,5)31-23)16-9-11-18(12-10-16)24-28-19(26)14-25(6)15-20(27)29-24/h7,9-12,17H,1,8,13-15H2,2-6H3/t17-/m0/s1. The Morgan fingerprint density at radius 3 is 2.03 bits per heavy atom. The Labute approximate surface area is 185 Å². The second-order valence-electron chi connectivity index (χ2n) is 9.29. The molecule has 1 aromatic rings. The first-order chi connectivity index (χ1) is 14.5. The van der Waals surface area contributed by atoms with E-state index in [0.717, 1.165) is 12.0 Å². The van der Waals surface area contributed by atoms with Crippen molar-refractivity contribution < 1.29 is 28.2 Å². The van der Waals surface area contributed by atoms with Crippen LogP contribution >= 0.6 is 0 Å². The van der Waals surface area contributed by atoms with Crippen molar-refractivity contribution in [3.05, 3.63) is 42.5 Å². The van der Waals surface area contributed by atoms with Crippen LogP contribution in [0.5, 0.6) is 0 Å². The Hall–Kier alpha value is -2.09. The van der Waals surface area contributed by atoms with E-state index in [2.05, 4.69) is 6.58 Å². The van der Waals surface area contributed by atoms with E-state index in [1.54, 1.807) is 11.9 Å². The number of nitrogens with zero attached hydrogens (tertiary/aromatic N) is 1. The molecule has 0 N–H and O–H groups in total. The second-order valence-corrected chi connectivity index (χ2v) is 9.29. The number of allylic oxidation sites excluding steroid dienone is 1. The summed E-state index contributed by atoms with van der Waals surface area (Å²) in [7, 11) is 0.319. The molecular weight excluding hydrogens is 396 g/mol. The minimum atomic E-state index is -1.04. The lowest BCUT2D eigenvalue weighted by atomic mass is 9.72. The van der Waals surface area contributed by atoms with Gasteiger partial charge in [-0.2, -0.15) is 0 Å². The lowest BCUT2D eigenvalue weighted by molar-refractivity contribution is -0.145. The van der Waals surface area contributed by atoms with Gasteiger partial charge in [-0.3, -0.25) is 14.5 Å². The highest BCUT2D eigenvalue weighted by Crippen LogP contribution is 2.40. The van der Waals surface area contributed by atoms with Gasteiger partial charge in [0.05, 0.1) is 24.3 Å². The van der Waals surface area contributed by atoms with E-state index in [4.69, 9.17) is 18.6 Å². The normalized spacial score (nSPS) is 22.4. The average Bonchev–Trinajstić information content (AvgIpc) is 2.86. The van der Waals surface area contributed by atoms with Gasteiger partial charge in [-0.15, -0.1) is 6.58 Å². The van der Waals surface area contributed by atoms with Crippen molar-refractivity contribution in [2.24, 2.45) is 0 Å². The van der Waals surface area contributed by atoms with Gasteiger partial charge in [0.1, 0.15) is 0 Å². The molecule has 7 nitrogen and oxygen atoms in total. The van der Waals surface area contributed by atoms with E-state index in [1.807, 2.05) is 58.0 Å². The van der Waals surface area contributed by atoms with E-state index in [9.17, 15) is 9.59 Å². The zero-order chi connectivity index (χ0) is 22.8. The Bertz CT molecular complexity index is 790. The Morgan fingerprint density at radius 2 is 1.55 bits per heavy atom. The molecule has 2 fully saturated rings. The first-order valence-corrected chi connectivity index (χ1v) is 10.6. The number of hydrogen-bond donors (Lipinski definition) is 0. The predicted molar refractivity (Wildman–Crippen MR) is 120 cm³/mol. The maximum absolute atomic E-state index is 12.0. The van der Waals surface area contributed by atoms with Crippen LogP contribution in [0.4, 0.5) is 0 Å². The first-order valence-electron chi connectivity index (χ1n) is 10.6. The minimum Gasteiger partial charge on any atom is -0.494 e. The van der Waals surface area contributed by atoms with Crippen molar-refractivity contribution in [2.45, 2.75) is 57.6 Å². The largest absolute Gasteiger partial charge is 0.636 e. The van der Waals surface area contributed by atoms with E-state index in [1.165, 1.54) is 0 Å². The van der Waals surface area contributed by atoms with E-state index in [0.29, 0.717) is 11.8 Å². The molecule has 0 unspecified atom stereocenters. The number of carbonyl (C=O) groups is 2. The van der Waals surface area contributed by atoms with Crippen LogP contribution in [0.2, 0.25) is 6.32 Å². The maximum atomic E-state index is 12.0. The Balaban J connectivity index is 1.72. The lowest BCUT2D eigenvalue weighted by Crippen LogP contribution is -2.47. The Morgan fingerprint density at radius 1 is 1.03 bits per heavy atom. The molecule has 2 saturated heterocycles. The summed E-state index contributed by atoms with van der Waals surface area (Å²) in [6.07, 6.45) is 3.35. The number of benzene rings is 1. The zero-order valence-electron chi connectivity index (χ0n) is 19.1. The fourth-order valence-corrected chi connectivity index (χ4v) is 3.76. The van der Waals surface area contributed by atoms with Crippen LogP contribution in [-0.4, -0.2) is 62.4 Å². The molecule has 3 rings (SSSR count). The van der Waals surface area contributed by atoms with Gasteiger partial charge in [-0.05, 0) is 59.0 Å². The summed E-state index contributed by atoms with van der Waals surface area (Å²) < 4.78 is 23.0. The summed E-state index contributed by atoms with van der Waals surface area (Å²) in [4.78, 5) is 25.6. The van der Waals surface area contributed by atoms with Gasteiger partial charge in [0.15, 0.2) is 0 Å². The summed E-state index contributed by atoms with van der Waals surface area (Å²) in [6, 6.07) is 7.57. The smallest absolute Gasteiger partial charge is 0.494 e. The third-order valence-electron chi connectivity index (χ3n) is 6.19. The van der Waals surface area contributed by atoms with Crippen molar-refractivity contribution in [1.29, 1.82) is 0 Å². The summed E-state index contributed by atoms with van der Waals surface area (Å²) >= 11 is 0. The van der Waals surface area contributed by atoms with Gasteiger partial charge in [0.25, 0.3) is 0 Å². The fraction of sp³-hybridized carbons (Fsp3) is 0.545. The third kappa shape index (κ3) is 5.59. The van der Waals surface area contributed by atoms with Crippen LogP contribution in [0.1, 0.15) is 45.6 Å². The molecular formula is C22H31B2NO6. The molecule has 0 spiro atoms. The van der Waals surface area contributed by atoms with E-state index in [-0.39, 0.29) is 37.3 Å². The molecule has 0 radical (unpaired) electrons. The molecule has 0 aromatic heterocycles. The Kier molecular flexibility index (Phi) is 6.98. The summed E-state index contributed by atoms with van der Waals surface area (Å²) in [6.45, 7) is 12.1. The van der Waals surface area contributed by atoms with Crippen molar-refractivity contribution in [2.75, 3.05) is 20.1 Å². The molecule has 1 atom stereocenters. The highest BCUT2D eigenvalue weighted by atomic mass is 16.7. The summed E-state index contributed by atoms with van der Waals surface area (Å²) in [5.41, 5.74) is 0.949. The number of rotatable bonds is 6. The van der Waals surface area contributed by atoms with Crippen molar-refractivity contribution >= 4 is 31.6 Å². The van der Waals surface area contributed by atoms with Crippen LogP contribution in [0.15, 0.2) is 36.9 Å². The van der Waals surface area contributed by atoms with Crippen LogP contribution < -0.4 is 5.46 Å². The minimum absolute atomic E-state index is 0.0409. The SMILES string of the molecule is C=CC[C@@H](CB1OC(C)(C)C(C)(C)O1)c1ccc(B2OC(=O)CN(C)CC(=O)O2)cc1. The monoisotopic (exact) mass is 427 g/mol. The number of hydrogen-bond acceptors (Lipinski definition) is 7. The molecule has 31 heavy (non-hydrogen) atoms. The van der Waals surface area contributed by atoms with Crippen molar-refractivity contribution in [3.63, 3.8) is 0 Å². The second kappa shape index (κ2) is 9.18. The van der Waals surface area contributed by atoms with Gasteiger partial charge in [0, 0.05) is 5.46 Å². The van der Waals surface area contributed by atoms with Gasteiger partial charge in [-0.1, -0.05) is 30.3 Å². The molecule has 0 saturated carbocycles. The molecule has 2 aliphatic rings. The summed E-state index contributed by atoms with van der Waals surface area (Å²) in [5, 5.41) is 0. The van der Waals surface area contributed by atoms with Gasteiger partial charge in [-0.25, -0.2) is 0 Å². The van der Waals surface area contributed by atoms with E-state index >= 15 is 0 Å². The van der Waals surface area contributed by atoms with Gasteiger partial charge < -0.3 is 18.6 Å². The third-order valence-corrected chi connectivity index (χ3v) is 6.19. The van der Waals surface area contributed by atoms with Crippen molar-refractivity contribution in [3.8, 4) is 0 Å². The van der Waals surface area contributed by atoms with Crippen LogP contribution in [0.3, 0.4) is 0 Å². The molecule has 166 valence electrons. The molecule has 1 aromatic carbocycles. The van der Waals surface area contributed by atoms with Crippen molar-refractivity contribution in [1.82, 2.24) is 4.90 Å². The maximum Gasteiger partial charge on any atom is 0.636 e. The highest BCUT2D eigenvalue weighted by Gasteiger charge is 2.51. The van der Waals surface area contributed by atoms with Crippen LogP contribution in [0.25, 0.3) is 0 Å². The quantitative estimate of drug-likeness (QED) is 0.509. The van der Waals surface area contributed by atoms with Gasteiger partial charge >= 0.3 is 26.2 Å². The lowest BCUT2D eigenvalue weighted by Gasteiger charge is -2.32. The van der Waals surface area contributed by atoms with Gasteiger partial charge in [0.2, 0.25) is 0 Å². The fourth-order valence-electron chi connectivity index (χ4n) is 3.76. The molecule has 9 heteroatoms. The zero-order valence-corrected chi connectivity index (χ0v) is 19.1. The highest BCUT2D eigenvalue weighted by molar-refractivity contribution is 6.64. The molecule has 0 amide bonds. The topological polar surface area (TPSA) is 74.3 Å². The predicted octanol–water partition coefficient (Wildman–Crippen LogP) is 2.17. The van der Waals surface area contributed by atoms with Crippen LogP contribution in [-0.2, 0) is 28.2 Å². The van der Waals surface area contributed by atoms with E-state index < -0.39 is 19.1 Å².